The predicted octanol–water partition coefficient (Wildman–Crippen LogP) is 1.02. The van der Waals surface area contributed by atoms with Crippen LogP contribution in [0.5, 0.6) is 0 Å². The third kappa shape index (κ3) is 4.08. The Morgan fingerprint density at radius 3 is 2.95 bits per heavy atom. The summed E-state index contributed by atoms with van der Waals surface area (Å²) in [6, 6.07) is 2.20. The molecule has 6 nitrogen and oxygen atoms in total. The molecule has 0 radical (unpaired) electrons. The summed E-state index contributed by atoms with van der Waals surface area (Å²) >= 11 is 0. The number of nitrogens with zero attached hydrogens (tertiary/aromatic N) is 3. The molecule has 2 saturated heterocycles. The maximum Gasteiger partial charge on any atom is 0.271 e. The van der Waals surface area contributed by atoms with Crippen LogP contribution in [0.25, 0.3) is 0 Å². The van der Waals surface area contributed by atoms with Gasteiger partial charge in [0.05, 0.1) is 6.04 Å². The fourth-order valence-electron chi connectivity index (χ4n) is 3.32. The average Bonchev–Trinajstić information content (AvgIpc) is 3.07. The first kappa shape index (κ1) is 15.5. The summed E-state index contributed by atoms with van der Waals surface area (Å²) < 4.78 is 1.94. The first-order valence-corrected chi connectivity index (χ1v) is 8.59. The summed E-state index contributed by atoms with van der Waals surface area (Å²) in [5, 5.41) is 10.8. The largest absolute Gasteiger partial charge is 0.349 e. The summed E-state index contributed by atoms with van der Waals surface area (Å²) in [5.74, 6) is -0.0560. The monoisotopic (exact) mass is 305 g/mol. The number of piperidine rings is 2. The number of carbonyl (C=O) groups is 1. The molecule has 2 fully saturated rings. The lowest BCUT2D eigenvalue weighted by atomic mass is 10.1. The van der Waals surface area contributed by atoms with Gasteiger partial charge in [-0.15, -0.1) is 0 Å². The third-order valence-corrected chi connectivity index (χ3v) is 4.65. The lowest BCUT2D eigenvalue weighted by Gasteiger charge is -2.26. The number of amides is 1. The van der Waals surface area contributed by atoms with Crippen molar-refractivity contribution in [3.63, 3.8) is 0 Å². The van der Waals surface area contributed by atoms with Crippen LogP contribution in [0.1, 0.15) is 48.6 Å². The summed E-state index contributed by atoms with van der Waals surface area (Å²) in [4.78, 5) is 14.6. The molecule has 3 rings (SSSR count). The van der Waals surface area contributed by atoms with Gasteiger partial charge in [0.15, 0.2) is 0 Å². The van der Waals surface area contributed by atoms with Crippen molar-refractivity contribution in [2.75, 3.05) is 39.3 Å². The van der Waals surface area contributed by atoms with Gasteiger partial charge >= 0.3 is 0 Å². The molecular formula is C16H27N5O. The van der Waals surface area contributed by atoms with Gasteiger partial charge in [-0.3, -0.25) is 9.48 Å². The minimum atomic E-state index is -0.0560. The van der Waals surface area contributed by atoms with Crippen molar-refractivity contribution in [1.29, 1.82) is 0 Å². The van der Waals surface area contributed by atoms with E-state index in [1.165, 1.54) is 38.8 Å². The Morgan fingerprint density at radius 1 is 1.32 bits per heavy atom. The smallest absolute Gasteiger partial charge is 0.271 e. The second-order valence-electron chi connectivity index (χ2n) is 6.34. The number of likely N-dealkylation sites (tertiary alicyclic amines) is 1. The number of carbonyl (C=O) groups excluding carboxylic acids is 1. The third-order valence-electron chi connectivity index (χ3n) is 4.65. The van der Waals surface area contributed by atoms with Gasteiger partial charge in [0, 0.05) is 25.8 Å². The quantitative estimate of drug-likeness (QED) is 0.853. The van der Waals surface area contributed by atoms with Crippen LogP contribution in [-0.2, 0) is 0 Å². The zero-order valence-electron chi connectivity index (χ0n) is 13.3. The van der Waals surface area contributed by atoms with Crippen LogP contribution in [0.2, 0.25) is 0 Å². The predicted molar refractivity (Wildman–Crippen MR) is 86.0 cm³/mol. The lowest BCUT2D eigenvalue weighted by molar-refractivity contribution is 0.0940. The highest BCUT2D eigenvalue weighted by Gasteiger charge is 2.17. The molecule has 0 spiro atoms. The van der Waals surface area contributed by atoms with E-state index < -0.39 is 0 Å². The SMILES string of the molecule is O=C(NCCN1CCCCC1)c1ccn(C2CCCNC2)n1. The standard InChI is InChI=1S/C16H27N5O/c22-16(18-8-12-20-9-2-1-3-10-20)15-6-11-21(19-15)14-5-4-7-17-13-14/h6,11,14,17H,1-5,7-10,12-13H2,(H,18,22). The Morgan fingerprint density at radius 2 is 2.18 bits per heavy atom. The molecule has 1 aromatic rings. The molecule has 2 N–H and O–H groups in total. The van der Waals surface area contributed by atoms with Crippen molar-refractivity contribution in [3.05, 3.63) is 18.0 Å². The molecule has 0 aliphatic carbocycles. The molecule has 1 atom stereocenters. The molecule has 1 amide bonds. The van der Waals surface area contributed by atoms with Gasteiger partial charge in [-0.2, -0.15) is 5.10 Å². The first-order valence-electron chi connectivity index (χ1n) is 8.59. The molecule has 6 heteroatoms. The molecule has 122 valence electrons. The first-order chi connectivity index (χ1) is 10.8. The van der Waals surface area contributed by atoms with Crippen LogP contribution in [-0.4, -0.2) is 59.9 Å². The van der Waals surface area contributed by atoms with Crippen LogP contribution in [0.3, 0.4) is 0 Å². The fourth-order valence-corrected chi connectivity index (χ4v) is 3.32. The molecule has 0 aromatic carbocycles. The van der Waals surface area contributed by atoms with Gasteiger partial charge in [0.1, 0.15) is 5.69 Å². The molecule has 2 aliphatic rings. The highest BCUT2D eigenvalue weighted by atomic mass is 16.1. The topological polar surface area (TPSA) is 62.2 Å². The molecule has 22 heavy (non-hydrogen) atoms. The highest BCUT2D eigenvalue weighted by molar-refractivity contribution is 5.92. The minimum Gasteiger partial charge on any atom is -0.349 e. The Labute approximate surface area is 132 Å². The number of hydrogen-bond acceptors (Lipinski definition) is 4. The second-order valence-corrected chi connectivity index (χ2v) is 6.34. The zero-order chi connectivity index (χ0) is 15.2. The Bertz CT molecular complexity index is 475. The van der Waals surface area contributed by atoms with Crippen molar-refractivity contribution >= 4 is 5.91 Å². The van der Waals surface area contributed by atoms with Crippen molar-refractivity contribution in [2.24, 2.45) is 0 Å². The van der Waals surface area contributed by atoms with Gasteiger partial charge in [-0.05, 0) is 51.4 Å². The number of hydrogen-bond donors (Lipinski definition) is 2. The van der Waals surface area contributed by atoms with Gasteiger partial charge in [-0.25, -0.2) is 0 Å². The highest BCUT2D eigenvalue weighted by Crippen LogP contribution is 2.15. The summed E-state index contributed by atoms with van der Waals surface area (Å²) in [6.45, 7) is 6.01. The van der Waals surface area contributed by atoms with Gasteiger partial charge in [0.2, 0.25) is 0 Å². The summed E-state index contributed by atoms with van der Waals surface area (Å²) in [7, 11) is 0. The van der Waals surface area contributed by atoms with E-state index in [4.69, 9.17) is 0 Å². The summed E-state index contributed by atoms with van der Waals surface area (Å²) in [5.41, 5.74) is 0.532. The molecule has 3 heterocycles. The van der Waals surface area contributed by atoms with Crippen LogP contribution >= 0.6 is 0 Å². The normalized spacial score (nSPS) is 23.4. The van der Waals surface area contributed by atoms with Gasteiger partial charge < -0.3 is 15.5 Å². The molecule has 1 unspecified atom stereocenters. The zero-order valence-corrected chi connectivity index (χ0v) is 13.3. The van der Waals surface area contributed by atoms with Crippen LogP contribution in [0.4, 0.5) is 0 Å². The van der Waals surface area contributed by atoms with Gasteiger partial charge in [-0.1, -0.05) is 6.42 Å². The summed E-state index contributed by atoms with van der Waals surface area (Å²) in [6.07, 6.45) is 8.14. The average molecular weight is 305 g/mol. The molecule has 0 saturated carbocycles. The van der Waals surface area contributed by atoms with E-state index in [9.17, 15) is 4.79 Å². The molecular weight excluding hydrogens is 278 g/mol. The van der Waals surface area contributed by atoms with Crippen molar-refractivity contribution in [2.45, 2.75) is 38.1 Å². The molecule has 0 bridgehead atoms. The van der Waals surface area contributed by atoms with Crippen LogP contribution in [0, 0.1) is 0 Å². The van der Waals surface area contributed by atoms with Crippen molar-refractivity contribution in [3.8, 4) is 0 Å². The number of rotatable bonds is 5. The lowest BCUT2D eigenvalue weighted by Crippen LogP contribution is -2.37. The Balaban J connectivity index is 1.44. The second kappa shape index (κ2) is 7.74. The van der Waals surface area contributed by atoms with E-state index in [0.29, 0.717) is 18.3 Å². The maximum atomic E-state index is 12.2. The van der Waals surface area contributed by atoms with E-state index >= 15 is 0 Å². The van der Waals surface area contributed by atoms with Crippen molar-refractivity contribution < 1.29 is 4.79 Å². The van der Waals surface area contributed by atoms with Gasteiger partial charge in [0.25, 0.3) is 5.91 Å². The van der Waals surface area contributed by atoms with E-state index in [-0.39, 0.29) is 5.91 Å². The fraction of sp³-hybridized carbons (Fsp3) is 0.750. The Hall–Kier alpha value is -1.40. The van der Waals surface area contributed by atoms with Crippen molar-refractivity contribution in [1.82, 2.24) is 25.3 Å². The number of nitrogens with one attached hydrogen (secondary N) is 2. The van der Waals surface area contributed by atoms with E-state index in [1.807, 2.05) is 16.9 Å². The molecule has 2 aliphatic heterocycles. The van der Waals surface area contributed by atoms with Crippen LogP contribution in [0.15, 0.2) is 12.3 Å². The molecule has 1 aromatic heterocycles. The Kier molecular flexibility index (Phi) is 5.45. The van der Waals surface area contributed by atoms with E-state index in [1.54, 1.807) is 0 Å². The van der Waals surface area contributed by atoms with Crippen LogP contribution < -0.4 is 10.6 Å². The van der Waals surface area contributed by atoms with E-state index in [0.717, 1.165) is 26.1 Å². The van der Waals surface area contributed by atoms with E-state index in [2.05, 4.69) is 20.6 Å². The minimum absolute atomic E-state index is 0.0560. The maximum absolute atomic E-state index is 12.2. The number of aromatic nitrogens is 2.